The van der Waals surface area contributed by atoms with Crippen molar-refractivity contribution in [3.05, 3.63) is 20.2 Å². The Kier molecular flexibility index (Phi) is 1.97. The lowest BCUT2D eigenvalue weighted by atomic mass is 9.50. The average Bonchev–Trinajstić information content (AvgIpc) is 2.39. The molecule has 2 saturated carbocycles. The van der Waals surface area contributed by atoms with Gasteiger partial charge in [0.15, 0.2) is 0 Å². The number of hydrazine groups is 2. The molecule has 6 atom stereocenters. The molecule has 0 aromatic rings. The molecule has 0 aromatic heterocycles. The lowest BCUT2D eigenvalue weighted by Crippen LogP contribution is -2.79. The van der Waals surface area contributed by atoms with Crippen LogP contribution in [0.2, 0.25) is 0 Å². The van der Waals surface area contributed by atoms with Crippen LogP contribution in [0.5, 0.6) is 0 Å². The highest BCUT2D eigenvalue weighted by atomic mass is 16.6. The second-order valence-corrected chi connectivity index (χ2v) is 6.42. The minimum atomic E-state index is -0.544. The number of nitroso groups, excluding NO2 is 2. The maximum atomic E-state index is 12.0. The van der Waals surface area contributed by atoms with Crippen LogP contribution in [0.25, 0.3) is 0 Å². The molecule has 6 rings (SSSR count). The maximum Gasteiger partial charge on any atom is 0.243 e. The standard InChI is InChI=1S/C11H16N4O4/c1-11-8-4-2-6(12(16)14(8)18)10(11)7-3-5-9(11)15(19)13(7)17/h6-10H,2-5H2,1H3/t6-,7+,8+,9-,10?,11?. The summed E-state index contributed by atoms with van der Waals surface area (Å²) in [5.74, 6) is -0.171. The van der Waals surface area contributed by atoms with E-state index in [1.54, 1.807) is 0 Å². The summed E-state index contributed by atoms with van der Waals surface area (Å²) in [6.07, 6.45) is 2.55. The summed E-state index contributed by atoms with van der Waals surface area (Å²) in [5, 5.41) is 25.1. The Morgan fingerprint density at radius 2 is 1.37 bits per heavy atom. The van der Waals surface area contributed by atoms with Gasteiger partial charge in [0.2, 0.25) is 12.1 Å². The fraction of sp³-hybridized carbons (Fsp3) is 1.00. The smallest absolute Gasteiger partial charge is 0.243 e. The van der Waals surface area contributed by atoms with Gasteiger partial charge in [-0.2, -0.15) is 10.3 Å². The quantitative estimate of drug-likeness (QED) is 0.600. The highest BCUT2D eigenvalue weighted by Crippen LogP contribution is 2.59. The molecule has 4 aliphatic heterocycles. The summed E-state index contributed by atoms with van der Waals surface area (Å²) in [4.78, 5) is 24.9. The highest BCUT2D eigenvalue weighted by molar-refractivity contribution is 5.13. The van der Waals surface area contributed by atoms with Gasteiger partial charge in [0.1, 0.15) is 15.7 Å². The van der Waals surface area contributed by atoms with Crippen LogP contribution >= 0.6 is 0 Å². The van der Waals surface area contributed by atoms with Gasteiger partial charge < -0.3 is 10.4 Å². The summed E-state index contributed by atoms with van der Waals surface area (Å²) >= 11 is 0. The molecule has 19 heavy (non-hydrogen) atoms. The zero-order valence-electron chi connectivity index (χ0n) is 10.6. The molecule has 104 valence electrons. The number of hydroxylamine groups is 2. The van der Waals surface area contributed by atoms with Crippen molar-refractivity contribution in [1.82, 2.24) is 10.3 Å². The van der Waals surface area contributed by atoms with E-state index in [1.165, 1.54) is 0 Å². The third-order valence-corrected chi connectivity index (χ3v) is 5.94. The Balaban J connectivity index is 1.87. The van der Waals surface area contributed by atoms with E-state index in [9.17, 15) is 20.2 Å². The van der Waals surface area contributed by atoms with Crippen molar-refractivity contribution in [1.29, 1.82) is 0 Å². The molecule has 4 saturated heterocycles. The van der Waals surface area contributed by atoms with E-state index in [0.717, 1.165) is 0 Å². The first-order valence-corrected chi connectivity index (χ1v) is 6.83. The van der Waals surface area contributed by atoms with Crippen molar-refractivity contribution in [2.24, 2.45) is 11.3 Å². The van der Waals surface area contributed by atoms with Crippen LogP contribution in [-0.4, -0.2) is 44.2 Å². The Bertz CT molecular complexity index is 445. The largest absolute Gasteiger partial charge is 0.704 e. The minimum Gasteiger partial charge on any atom is -0.704 e. The summed E-state index contributed by atoms with van der Waals surface area (Å²) < 4.78 is 0. The van der Waals surface area contributed by atoms with Gasteiger partial charge in [0, 0.05) is 18.3 Å². The van der Waals surface area contributed by atoms with Gasteiger partial charge in [-0.05, 0) is 12.8 Å². The van der Waals surface area contributed by atoms with Crippen molar-refractivity contribution in [3.63, 3.8) is 0 Å². The zero-order chi connectivity index (χ0) is 13.5. The minimum absolute atomic E-state index is 0.171. The predicted molar refractivity (Wildman–Crippen MR) is 62.9 cm³/mol. The second kappa shape index (κ2) is 3.24. The third kappa shape index (κ3) is 1.05. The first-order chi connectivity index (χ1) is 8.98. The first-order valence-electron chi connectivity index (χ1n) is 6.83. The van der Waals surface area contributed by atoms with Gasteiger partial charge in [-0.25, -0.2) is 0 Å². The second-order valence-electron chi connectivity index (χ2n) is 6.42. The van der Waals surface area contributed by atoms with Crippen molar-refractivity contribution >= 4 is 0 Å². The third-order valence-electron chi connectivity index (χ3n) is 5.94. The van der Waals surface area contributed by atoms with Crippen molar-refractivity contribution in [3.8, 4) is 0 Å². The lowest BCUT2D eigenvalue weighted by Gasteiger charge is -2.64. The van der Waals surface area contributed by atoms with E-state index in [-0.39, 0.29) is 5.92 Å². The van der Waals surface area contributed by atoms with Gasteiger partial charge in [-0.1, -0.05) is 6.92 Å². The summed E-state index contributed by atoms with van der Waals surface area (Å²) in [6, 6.07) is -1.85. The van der Waals surface area contributed by atoms with Crippen molar-refractivity contribution < 1.29 is 9.74 Å². The fourth-order valence-electron chi connectivity index (χ4n) is 5.15. The highest BCUT2D eigenvalue weighted by Gasteiger charge is 2.75. The molecule has 0 aromatic carbocycles. The Morgan fingerprint density at radius 1 is 0.947 bits per heavy atom. The van der Waals surface area contributed by atoms with E-state index in [4.69, 9.17) is 0 Å². The average molecular weight is 268 g/mol. The molecule has 2 unspecified atom stereocenters. The monoisotopic (exact) mass is 268 g/mol. The van der Waals surface area contributed by atoms with Crippen LogP contribution in [0.1, 0.15) is 32.6 Å². The van der Waals surface area contributed by atoms with Crippen LogP contribution in [-0.2, 0) is 0 Å². The predicted octanol–water partition coefficient (Wildman–Crippen LogP) is 0.685. The van der Waals surface area contributed by atoms with E-state index in [1.807, 2.05) is 6.92 Å². The lowest BCUT2D eigenvalue weighted by molar-refractivity contribution is -0.816. The van der Waals surface area contributed by atoms with Crippen LogP contribution in [0.3, 0.4) is 0 Å². The number of hydrogen-bond donors (Lipinski definition) is 0. The SMILES string of the molecule is CC12C([C@H]3CC[C@@H]1N([O-])[N+]3=O)[C@@H]1CC[C@H]2N([O-])[N+]1=O. The molecule has 4 bridgehead atoms. The van der Waals surface area contributed by atoms with Gasteiger partial charge >= 0.3 is 0 Å². The topological polar surface area (TPSA) is 92.8 Å². The van der Waals surface area contributed by atoms with E-state index in [2.05, 4.69) is 0 Å². The molecule has 0 amide bonds. The van der Waals surface area contributed by atoms with Crippen molar-refractivity contribution in [2.75, 3.05) is 0 Å². The number of hydrogen-bond acceptors (Lipinski definition) is 4. The van der Waals surface area contributed by atoms with Gasteiger partial charge in [-0.3, -0.25) is 0 Å². The van der Waals surface area contributed by atoms with E-state index >= 15 is 0 Å². The number of rotatable bonds is 0. The van der Waals surface area contributed by atoms with Gasteiger partial charge in [-0.15, -0.1) is 0 Å². The molecule has 8 nitrogen and oxygen atoms in total. The summed E-state index contributed by atoms with van der Waals surface area (Å²) in [5.41, 5.74) is -0.544. The Labute approximate surface area is 109 Å². The van der Waals surface area contributed by atoms with Crippen LogP contribution in [0.15, 0.2) is 0 Å². The molecule has 8 heteroatoms. The van der Waals surface area contributed by atoms with E-state index < -0.39 is 29.6 Å². The first kappa shape index (κ1) is 11.5. The molecule has 6 aliphatic rings. The van der Waals surface area contributed by atoms with Gasteiger partial charge in [0.05, 0.1) is 21.9 Å². The molecule has 0 spiro atoms. The summed E-state index contributed by atoms with van der Waals surface area (Å²) in [6.45, 7) is 1.92. The normalized spacial score (nSPS) is 51.8. The maximum absolute atomic E-state index is 12.0. The van der Waals surface area contributed by atoms with Crippen LogP contribution < -0.4 is 0 Å². The number of nitrogens with zero attached hydrogens (tertiary/aromatic N) is 4. The van der Waals surface area contributed by atoms with Gasteiger partial charge in [0.25, 0.3) is 0 Å². The van der Waals surface area contributed by atoms with E-state index in [0.29, 0.717) is 45.8 Å². The Morgan fingerprint density at radius 3 is 1.79 bits per heavy atom. The molecule has 0 N–H and O–H groups in total. The van der Waals surface area contributed by atoms with Crippen LogP contribution in [0, 0.1) is 31.6 Å². The molecule has 6 fully saturated rings. The Hall–Kier alpha value is -1.28. The van der Waals surface area contributed by atoms with Crippen molar-refractivity contribution in [2.45, 2.75) is 56.8 Å². The number of fused-ring (bicyclic) bond motifs is 4. The molecular formula is C11H16N4O4. The molecular weight excluding hydrogens is 252 g/mol. The molecule has 2 aliphatic carbocycles. The fourth-order valence-corrected chi connectivity index (χ4v) is 5.15. The zero-order valence-corrected chi connectivity index (χ0v) is 10.6. The molecule has 4 heterocycles. The van der Waals surface area contributed by atoms with Crippen LogP contribution in [0.4, 0.5) is 0 Å². The molecule has 0 radical (unpaired) electrons. The summed E-state index contributed by atoms with van der Waals surface area (Å²) in [7, 11) is 0.